The average molecular weight is 128 g/mol. The summed E-state index contributed by atoms with van der Waals surface area (Å²) < 4.78 is 4.82. The van der Waals surface area contributed by atoms with Gasteiger partial charge in [0.05, 0.1) is 0 Å². The molecule has 0 N–H and O–H groups in total. The first-order valence-corrected chi connectivity index (χ1v) is 2.87. The van der Waals surface area contributed by atoms with E-state index in [1.54, 1.807) is 20.8 Å². The number of ether oxygens (including phenoxy) is 1. The summed E-state index contributed by atoms with van der Waals surface area (Å²) in [5, 5.41) is 0. The fourth-order valence-corrected chi connectivity index (χ4v) is 0.383. The molecule has 9 heavy (non-hydrogen) atoms. The lowest BCUT2D eigenvalue weighted by Crippen LogP contribution is -2.23. The standard InChI is InChI=1S/C7H12O2/c1-5-6(8)9-7(2,3)4/h1H,5H2,2-4H3. The molecule has 2 radical (unpaired) electrons. The lowest BCUT2D eigenvalue weighted by atomic mass is 10.2. The summed E-state index contributed by atoms with van der Waals surface area (Å²) in [7, 11) is 0. The lowest BCUT2D eigenvalue weighted by Gasteiger charge is -2.18. The van der Waals surface area contributed by atoms with Gasteiger partial charge in [0.2, 0.25) is 0 Å². The molecule has 0 rings (SSSR count). The van der Waals surface area contributed by atoms with Crippen LogP contribution in [0, 0.1) is 6.92 Å². The highest BCUT2D eigenvalue weighted by molar-refractivity contribution is 5.70. The highest BCUT2D eigenvalue weighted by Crippen LogP contribution is 2.07. The molecule has 2 heteroatoms. The van der Waals surface area contributed by atoms with Crippen molar-refractivity contribution in [3.63, 3.8) is 0 Å². The third-order valence-corrected chi connectivity index (χ3v) is 0.587. The molecule has 0 spiro atoms. The van der Waals surface area contributed by atoms with Gasteiger partial charge in [-0.05, 0) is 27.7 Å². The van der Waals surface area contributed by atoms with Crippen molar-refractivity contribution in [1.82, 2.24) is 0 Å². The van der Waals surface area contributed by atoms with Crippen molar-refractivity contribution in [1.29, 1.82) is 0 Å². The van der Waals surface area contributed by atoms with Gasteiger partial charge in [-0.25, -0.2) is 0 Å². The molecule has 0 unspecified atom stereocenters. The zero-order valence-corrected chi connectivity index (χ0v) is 6.10. The Kier molecular flexibility index (Phi) is 2.68. The van der Waals surface area contributed by atoms with Gasteiger partial charge in [0.1, 0.15) is 5.60 Å². The molecular weight excluding hydrogens is 116 g/mol. The summed E-state index contributed by atoms with van der Waals surface area (Å²) in [4.78, 5) is 10.5. The highest BCUT2D eigenvalue weighted by Gasteiger charge is 2.13. The zero-order valence-electron chi connectivity index (χ0n) is 6.10. The van der Waals surface area contributed by atoms with E-state index in [1.807, 2.05) is 0 Å². The SMILES string of the molecule is [CH]CC(=O)OC(C)(C)C. The van der Waals surface area contributed by atoms with Gasteiger partial charge in [0.15, 0.2) is 0 Å². The first kappa shape index (κ1) is 8.47. The second-order valence-electron chi connectivity index (χ2n) is 2.79. The molecule has 0 saturated heterocycles. The third-order valence-electron chi connectivity index (χ3n) is 0.587. The Morgan fingerprint density at radius 3 is 2.11 bits per heavy atom. The monoisotopic (exact) mass is 128 g/mol. The first-order valence-electron chi connectivity index (χ1n) is 2.87. The summed E-state index contributed by atoms with van der Waals surface area (Å²) in [6.45, 7) is 10.4. The minimum atomic E-state index is -0.406. The van der Waals surface area contributed by atoms with Crippen molar-refractivity contribution < 1.29 is 9.53 Å². The molecule has 0 aliphatic heterocycles. The largest absolute Gasteiger partial charge is 0.460 e. The van der Waals surface area contributed by atoms with Crippen LogP contribution in [0.15, 0.2) is 0 Å². The van der Waals surface area contributed by atoms with E-state index in [4.69, 9.17) is 11.7 Å². The predicted octanol–water partition coefficient (Wildman–Crippen LogP) is 1.43. The minimum absolute atomic E-state index is 0.0444. The van der Waals surface area contributed by atoms with Crippen molar-refractivity contribution in [2.45, 2.75) is 32.8 Å². The van der Waals surface area contributed by atoms with Crippen LogP contribution in [0.25, 0.3) is 0 Å². The molecule has 52 valence electrons. The maximum atomic E-state index is 10.5. The van der Waals surface area contributed by atoms with Crippen LogP contribution < -0.4 is 0 Å². The fraction of sp³-hybridized carbons (Fsp3) is 0.714. The van der Waals surface area contributed by atoms with Crippen molar-refractivity contribution >= 4 is 5.97 Å². The number of rotatable bonds is 1. The van der Waals surface area contributed by atoms with Crippen molar-refractivity contribution in [3.05, 3.63) is 6.92 Å². The maximum absolute atomic E-state index is 10.5. The van der Waals surface area contributed by atoms with E-state index in [-0.39, 0.29) is 12.4 Å². The topological polar surface area (TPSA) is 26.3 Å². The van der Waals surface area contributed by atoms with Crippen LogP contribution in [0.1, 0.15) is 27.2 Å². The molecule has 0 aliphatic rings. The predicted molar refractivity (Wildman–Crippen MR) is 34.8 cm³/mol. The van der Waals surface area contributed by atoms with E-state index in [0.717, 1.165) is 0 Å². The van der Waals surface area contributed by atoms with Gasteiger partial charge in [-0.15, -0.1) is 0 Å². The number of esters is 1. The van der Waals surface area contributed by atoms with E-state index in [1.165, 1.54) is 0 Å². The van der Waals surface area contributed by atoms with Gasteiger partial charge >= 0.3 is 5.97 Å². The number of carbonyl (C=O) groups is 1. The second-order valence-corrected chi connectivity index (χ2v) is 2.79. The summed E-state index contributed by atoms with van der Waals surface area (Å²) >= 11 is 0. The Hall–Kier alpha value is -0.530. The van der Waals surface area contributed by atoms with Crippen molar-refractivity contribution in [2.75, 3.05) is 0 Å². The van der Waals surface area contributed by atoms with E-state index in [2.05, 4.69) is 0 Å². The number of hydrogen-bond donors (Lipinski definition) is 0. The van der Waals surface area contributed by atoms with Gasteiger partial charge in [0, 0.05) is 6.42 Å². The molecule has 0 amide bonds. The van der Waals surface area contributed by atoms with Crippen molar-refractivity contribution in [2.24, 2.45) is 0 Å². The first-order chi connectivity index (χ1) is 3.95. The molecule has 0 aromatic carbocycles. The normalized spacial score (nSPS) is 11.1. The summed E-state index contributed by atoms with van der Waals surface area (Å²) in [5.74, 6) is -0.359. The van der Waals surface area contributed by atoms with E-state index < -0.39 is 5.60 Å². The van der Waals surface area contributed by atoms with Gasteiger partial charge in [-0.1, -0.05) is 0 Å². The zero-order chi connectivity index (χ0) is 7.49. The number of hydrogen-bond acceptors (Lipinski definition) is 2. The van der Waals surface area contributed by atoms with Crippen LogP contribution in [-0.2, 0) is 9.53 Å². The molecular formula is C7H12O2. The number of carbonyl (C=O) groups excluding carboxylic acids is 1. The van der Waals surface area contributed by atoms with Crippen LogP contribution in [0.5, 0.6) is 0 Å². The summed E-state index contributed by atoms with van der Waals surface area (Å²) in [6, 6.07) is 0. The van der Waals surface area contributed by atoms with Crippen LogP contribution in [0.3, 0.4) is 0 Å². The molecule has 0 fully saturated rings. The molecule has 0 heterocycles. The van der Waals surface area contributed by atoms with Gasteiger partial charge in [0.25, 0.3) is 0 Å². The molecule has 0 aromatic rings. The Morgan fingerprint density at radius 2 is 2.00 bits per heavy atom. The fourth-order valence-electron chi connectivity index (χ4n) is 0.383. The molecule has 0 aliphatic carbocycles. The molecule has 0 bridgehead atoms. The Balaban J connectivity index is 3.60. The smallest absolute Gasteiger partial charge is 0.306 e. The molecule has 2 nitrogen and oxygen atoms in total. The van der Waals surface area contributed by atoms with Crippen LogP contribution in [0.2, 0.25) is 0 Å². The van der Waals surface area contributed by atoms with Crippen LogP contribution in [0.4, 0.5) is 0 Å². The molecule has 0 aromatic heterocycles. The van der Waals surface area contributed by atoms with Gasteiger partial charge in [-0.2, -0.15) is 0 Å². The Morgan fingerprint density at radius 1 is 1.56 bits per heavy atom. The molecule has 0 saturated carbocycles. The molecule has 0 atom stereocenters. The Bertz CT molecular complexity index is 100.0. The van der Waals surface area contributed by atoms with E-state index in [0.29, 0.717) is 0 Å². The van der Waals surface area contributed by atoms with Crippen molar-refractivity contribution in [3.8, 4) is 0 Å². The van der Waals surface area contributed by atoms with Crippen LogP contribution in [-0.4, -0.2) is 11.6 Å². The third kappa shape index (κ3) is 5.34. The van der Waals surface area contributed by atoms with E-state index in [9.17, 15) is 4.79 Å². The maximum Gasteiger partial charge on any atom is 0.306 e. The Labute approximate surface area is 56.2 Å². The summed E-state index contributed by atoms with van der Waals surface area (Å²) in [6.07, 6.45) is -0.0444. The lowest BCUT2D eigenvalue weighted by molar-refractivity contribution is -0.153. The quantitative estimate of drug-likeness (QED) is 0.499. The minimum Gasteiger partial charge on any atom is -0.460 e. The van der Waals surface area contributed by atoms with Gasteiger partial charge < -0.3 is 4.74 Å². The van der Waals surface area contributed by atoms with Gasteiger partial charge in [-0.3, -0.25) is 4.79 Å². The van der Waals surface area contributed by atoms with E-state index >= 15 is 0 Å². The average Bonchev–Trinajstić information content (AvgIpc) is 1.62. The highest BCUT2D eigenvalue weighted by atomic mass is 16.6. The second kappa shape index (κ2) is 2.85. The van der Waals surface area contributed by atoms with Crippen LogP contribution >= 0.6 is 0 Å². The summed E-state index contributed by atoms with van der Waals surface area (Å²) in [5.41, 5.74) is -0.406.